The summed E-state index contributed by atoms with van der Waals surface area (Å²) in [5.41, 5.74) is 0.331. The summed E-state index contributed by atoms with van der Waals surface area (Å²) in [6, 6.07) is 8.30. The monoisotopic (exact) mass is 238 g/mol. The summed E-state index contributed by atoms with van der Waals surface area (Å²) in [7, 11) is 0. The molecular formula is C8H8BrNaO2. The summed E-state index contributed by atoms with van der Waals surface area (Å²) >= 11 is 4.49. The molecule has 0 saturated carbocycles. The van der Waals surface area contributed by atoms with Gasteiger partial charge in [0.25, 0.3) is 0 Å². The first-order valence-corrected chi connectivity index (χ1v) is 6.10. The second-order valence-corrected chi connectivity index (χ2v) is 5.84. The van der Waals surface area contributed by atoms with E-state index in [9.17, 15) is 4.79 Å². The van der Waals surface area contributed by atoms with E-state index in [-0.39, 0.29) is 0 Å². The van der Waals surface area contributed by atoms with E-state index in [1.165, 1.54) is 30.5 Å². The average molecular weight is 239 g/mol. The number of benzene rings is 1. The molecule has 12 heavy (non-hydrogen) atoms. The predicted molar refractivity (Wildman–Crippen MR) is 52.9 cm³/mol. The molecule has 0 aliphatic heterocycles. The number of hydrogen-bond acceptors (Lipinski definition) is 1. The molecule has 60 valence electrons. The summed E-state index contributed by atoms with van der Waals surface area (Å²) in [6.45, 7) is 0. The van der Waals surface area contributed by atoms with Gasteiger partial charge < -0.3 is 5.11 Å². The van der Waals surface area contributed by atoms with E-state index < -0.39 is 5.97 Å². The number of halogens is 1. The Labute approximate surface area is 97.5 Å². The molecule has 0 unspecified atom stereocenters. The number of rotatable bonds is 1. The normalized spacial score (nSPS) is 8.25. The van der Waals surface area contributed by atoms with Crippen LogP contribution in [0.3, 0.4) is 0 Å². The number of hydrogen-bond donors (Lipinski definition) is 1. The Morgan fingerprint density at radius 2 is 1.83 bits per heavy atom. The quantitative estimate of drug-likeness (QED) is 0.600. The van der Waals surface area contributed by atoms with Crippen LogP contribution in [0.4, 0.5) is 0 Å². The molecular weight excluding hydrogens is 231 g/mol. The number of carboxylic acids is 1. The molecule has 1 rings (SSSR count). The Morgan fingerprint density at radius 3 is 2.08 bits per heavy atom. The third-order valence-corrected chi connectivity index (χ3v) is 1.02. The zero-order chi connectivity index (χ0) is 9.40. The van der Waals surface area contributed by atoms with Gasteiger partial charge in [0.05, 0.1) is 5.56 Å². The van der Waals surface area contributed by atoms with E-state index in [0.717, 1.165) is 0 Å². The van der Waals surface area contributed by atoms with Crippen molar-refractivity contribution in [3.63, 3.8) is 0 Å². The van der Waals surface area contributed by atoms with E-state index >= 15 is 0 Å². The first-order valence-electron chi connectivity index (χ1n) is 3.56. The van der Waals surface area contributed by atoms with E-state index in [1.54, 1.807) is 30.3 Å². The van der Waals surface area contributed by atoms with Gasteiger partial charge in [-0.25, -0.2) is 4.79 Å². The zero-order valence-electron chi connectivity index (χ0n) is 6.83. The molecule has 2 nitrogen and oxygen atoms in total. The molecule has 0 aliphatic carbocycles. The first-order chi connectivity index (χ1) is 5.72. The summed E-state index contributed by atoms with van der Waals surface area (Å²) in [5.74, 6) is -0.879. The van der Waals surface area contributed by atoms with Gasteiger partial charge in [0, 0.05) is 0 Å². The third-order valence-electron chi connectivity index (χ3n) is 1.02. The van der Waals surface area contributed by atoms with Crippen molar-refractivity contribution in [1.82, 2.24) is 0 Å². The van der Waals surface area contributed by atoms with Crippen LogP contribution < -0.4 is 0 Å². The summed E-state index contributed by atoms with van der Waals surface area (Å²) in [4.78, 5) is 10.2. The van der Waals surface area contributed by atoms with Crippen LogP contribution in [0.1, 0.15) is 10.4 Å². The van der Waals surface area contributed by atoms with Gasteiger partial charge in [-0.15, -0.1) is 0 Å². The van der Waals surface area contributed by atoms with Crippen LogP contribution >= 0.6 is 15.9 Å². The molecule has 0 atom stereocenters. The van der Waals surface area contributed by atoms with Gasteiger partial charge >= 0.3 is 52.4 Å². The Kier molecular flexibility index (Phi) is 7.91. The molecule has 0 amide bonds. The number of carboxylic acid groups (broad SMARTS) is 1. The Hall–Kier alpha value is 0.170. The minimum atomic E-state index is -0.879. The van der Waals surface area contributed by atoms with Crippen molar-refractivity contribution >= 4 is 49.8 Å². The maximum atomic E-state index is 10.2. The minimum absolute atomic E-state index is 0.331. The van der Waals surface area contributed by atoms with Gasteiger partial charge in [0.15, 0.2) is 0 Å². The summed E-state index contributed by atoms with van der Waals surface area (Å²) < 4.78 is 1.20. The molecule has 1 N–H and O–H groups in total. The Bertz CT molecular complexity index is 226. The predicted octanol–water partition coefficient (Wildman–Crippen LogP) is 1.89. The molecule has 0 heterocycles. The fraction of sp³-hybridized carbons (Fsp3) is 0.125. The van der Waals surface area contributed by atoms with Gasteiger partial charge in [0.1, 0.15) is 0 Å². The number of alkyl halides is 1. The van der Waals surface area contributed by atoms with E-state index in [0.29, 0.717) is 5.56 Å². The van der Waals surface area contributed by atoms with Crippen molar-refractivity contribution in [2.75, 3.05) is 2.58 Å². The van der Waals surface area contributed by atoms with Crippen molar-refractivity contribution in [3.05, 3.63) is 35.9 Å². The molecule has 0 radical (unpaired) electrons. The van der Waals surface area contributed by atoms with Gasteiger partial charge in [-0.1, -0.05) is 18.2 Å². The van der Waals surface area contributed by atoms with Crippen LogP contribution in [0.2, 0.25) is 0 Å². The van der Waals surface area contributed by atoms with Gasteiger partial charge in [0.2, 0.25) is 0 Å². The van der Waals surface area contributed by atoms with Crippen LogP contribution in [0.15, 0.2) is 30.3 Å². The van der Waals surface area contributed by atoms with Crippen molar-refractivity contribution in [3.8, 4) is 0 Å². The molecule has 1 aromatic rings. The zero-order valence-corrected chi connectivity index (χ0v) is 10.4. The van der Waals surface area contributed by atoms with Crippen molar-refractivity contribution in [2.45, 2.75) is 0 Å². The van der Waals surface area contributed by atoms with Crippen LogP contribution in [-0.2, 0) is 0 Å². The van der Waals surface area contributed by atoms with E-state index in [2.05, 4.69) is 15.9 Å². The fourth-order valence-electron chi connectivity index (χ4n) is 0.581. The van der Waals surface area contributed by atoms with E-state index in [4.69, 9.17) is 5.11 Å². The van der Waals surface area contributed by atoms with Gasteiger partial charge in [-0.3, -0.25) is 0 Å². The fourth-order valence-corrected chi connectivity index (χ4v) is 0.581. The molecule has 0 bridgehead atoms. The molecule has 0 saturated heterocycles. The molecule has 0 aliphatic rings. The Balaban J connectivity index is 0.000000354. The third kappa shape index (κ3) is 5.77. The van der Waals surface area contributed by atoms with Crippen LogP contribution in [0, 0.1) is 0 Å². The van der Waals surface area contributed by atoms with Gasteiger partial charge in [-0.05, 0) is 12.1 Å². The van der Waals surface area contributed by atoms with Crippen molar-refractivity contribution in [1.29, 1.82) is 0 Å². The number of carbonyl (C=O) groups is 1. The van der Waals surface area contributed by atoms with Crippen LogP contribution in [-0.4, -0.2) is 41.6 Å². The second kappa shape index (κ2) is 7.80. The molecule has 1 aromatic carbocycles. The average Bonchev–Trinajstić information content (AvgIpc) is 2.07. The maximum absolute atomic E-state index is 10.2. The number of aromatic carboxylic acids is 1. The van der Waals surface area contributed by atoms with E-state index in [1.807, 2.05) is 0 Å². The summed E-state index contributed by atoms with van der Waals surface area (Å²) in [5, 5.41) is 8.38. The standard InChI is InChI=1S/C7H6O2.CH2Br.Na/c8-7(9)6-4-2-1-3-5-6;1-2;/h1-5H,(H,8,9);1H2;. The molecule has 0 fully saturated rings. The van der Waals surface area contributed by atoms with Crippen molar-refractivity contribution < 1.29 is 9.90 Å². The summed E-state index contributed by atoms with van der Waals surface area (Å²) in [6.07, 6.45) is 0. The van der Waals surface area contributed by atoms with Crippen LogP contribution in [0.25, 0.3) is 0 Å². The second-order valence-electron chi connectivity index (χ2n) is 1.94. The van der Waals surface area contributed by atoms with Gasteiger partial charge in [-0.2, -0.15) is 0 Å². The molecule has 0 spiro atoms. The topological polar surface area (TPSA) is 37.3 Å². The SMILES string of the molecule is O=C(O)c1ccccc1.[Na][CH2]Br. The molecule has 0 aromatic heterocycles. The molecule has 4 heteroatoms. The van der Waals surface area contributed by atoms with Crippen LogP contribution in [0.5, 0.6) is 0 Å². The first kappa shape index (κ1) is 12.2. The van der Waals surface area contributed by atoms with Crippen molar-refractivity contribution in [2.24, 2.45) is 0 Å². The Morgan fingerprint density at radius 1 is 1.42 bits per heavy atom.